The summed E-state index contributed by atoms with van der Waals surface area (Å²) in [7, 11) is 0. The van der Waals surface area contributed by atoms with Gasteiger partial charge in [-0.25, -0.2) is 0 Å². The summed E-state index contributed by atoms with van der Waals surface area (Å²) in [6.45, 7) is 2.24. The van der Waals surface area contributed by atoms with Gasteiger partial charge in [0.1, 0.15) is 5.78 Å². The summed E-state index contributed by atoms with van der Waals surface area (Å²) in [5.74, 6) is 0.872. The Balaban J connectivity index is 0.00000108. The second-order valence-electron chi connectivity index (χ2n) is 5.24. The van der Waals surface area contributed by atoms with Gasteiger partial charge in [-0.05, 0) is 12.0 Å². The van der Waals surface area contributed by atoms with E-state index in [2.05, 4.69) is 19.4 Å². The average Bonchev–Trinajstić information content (AvgIpc) is 2.59. The van der Waals surface area contributed by atoms with Crippen LogP contribution >= 0.6 is 0 Å². The van der Waals surface area contributed by atoms with Gasteiger partial charge in [0, 0.05) is 38.3 Å². The van der Waals surface area contributed by atoms with Crippen LogP contribution in [0.3, 0.4) is 0 Å². The zero-order valence-electron chi connectivity index (χ0n) is 10.3. The molecule has 0 amide bonds. The second-order valence-corrected chi connectivity index (χ2v) is 5.24. The maximum Gasteiger partial charge on any atom is 0.140 e. The first-order valence-electron chi connectivity index (χ1n) is 6.21. The van der Waals surface area contributed by atoms with Gasteiger partial charge in [0.05, 0.1) is 0 Å². The van der Waals surface area contributed by atoms with Crippen molar-refractivity contribution in [2.24, 2.45) is 11.3 Å². The van der Waals surface area contributed by atoms with E-state index in [9.17, 15) is 4.79 Å². The summed E-state index contributed by atoms with van der Waals surface area (Å²) >= 11 is 0. The first-order valence-corrected chi connectivity index (χ1v) is 6.21. The van der Waals surface area contributed by atoms with E-state index in [4.69, 9.17) is 0 Å². The number of benzene rings is 1. The van der Waals surface area contributed by atoms with E-state index in [1.54, 1.807) is 0 Å². The zero-order chi connectivity index (χ0) is 11.2. The van der Waals surface area contributed by atoms with Crippen LogP contribution in [0.4, 0.5) is 0 Å². The van der Waals surface area contributed by atoms with Crippen LogP contribution in [0.5, 0.6) is 0 Å². The number of Topliss-reactive ketones (excluding diaryl/α,β-unsaturated/α-hetero) is 1. The van der Waals surface area contributed by atoms with Crippen molar-refractivity contribution in [3.05, 3.63) is 41.8 Å². The van der Waals surface area contributed by atoms with Gasteiger partial charge in [-0.2, -0.15) is 6.42 Å². The van der Waals surface area contributed by atoms with Crippen molar-refractivity contribution in [1.82, 2.24) is 0 Å². The topological polar surface area (TPSA) is 17.1 Å². The molecule has 2 aliphatic rings. The normalized spacial score (nSPS) is 31.1. The number of carbonyl (C=O) groups excluding carboxylic acids is 1. The summed E-state index contributed by atoms with van der Waals surface area (Å²) in [5.41, 5.74) is 2.05. The molecule has 0 saturated heterocycles. The molecule has 3 rings (SSSR count). The molecule has 0 aliphatic heterocycles. The van der Waals surface area contributed by atoms with E-state index in [1.165, 1.54) is 18.4 Å². The van der Waals surface area contributed by atoms with Gasteiger partial charge in [0.25, 0.3) is 0 Å². The summed E-state index contributed by atoms with van der Waals surface area (Å²) < 4.78 is 0. The van der Waals surface area contributed by atoms with Gasteiger partial charge in [-0.3, -0.25) is 4.79 Å². The first kappa shape index (κ1) is 13.4. The number of carbonyl (C=O) groups is 1. The van der Waals surface area contributed by atoms with Gasteiger partial charge >= 0.3 is 0 Å². The van der Waals surface area contributed by atoms with Crippen molar-refractivity contribution in [2.75, 3.05) is 0 Å². The van der Waals surface area contributed by atoms with E-state index in [-0.39, 0.29) is 38.1 Å². The summed E-state index contributed by atoms with van der Waals surface area (Å²) in [4.78, 5) is 12.6. The van der Waals surface area contributed by atoms with E-state index in [1.807, 2.05) is 18.2 Å². The SMILES string of the molecule is CC1CCC[CH-]C12Cc1ccccc1C2=O.[Y]. The Morgan fingerprint density at radius 2 is 2.12 bits per heavy atom. The minimum Gasteiger partial charge on any atom is -0.314 e. The van der Waals surface area contributed by atoms with Gasteiger partial charge in [0.15, 0.2) is 0 Å². The van der Waals surface area contributed by atoms with Crippen LogP contribution in [-0.2, 0) is 39.1 Å². The number of ketones is 1. The van der Waals surface area contributed by atoms with Crippen LogP contribution in [0.15, 0.2) is 24.3 Å². The van der Waals surface area contributed by atoms with Crippen LogP contribution in [0.25, 0.3) is 0 Å². The molecular formula is C15H17OY-. The zero-order valence-corrected chi connectivity index (χ0v) is 13.1. The van der Waals surface area contributed by atoms with Crippen molar-refractivity contribution in [1.29, 1.82) is 0 Å². The van der Waals surface area contributed by atoms with Gasteiger partial charge in [0.2, 0.25) is 0 Å². The molecule has 17 heavy (non-hydrogen) atoms. The quantitative estimate of drug-likeness (QED) is 0.671. The molecule has 1 spiro atoms. The Bertz CT molecular complexity index is 440. The Morgan fingerprint density at radius 1 is 1.35 bits per heavy atom. The summed E-state index contributed by atoms with van der Waals surface area (Å²) in [6, 6.07) is 8.11. The fourth-order valence-electron chi connectivity index (χ4n) is 3.35. The van der Waals surface area contributed by atoms with Crippen molar-refractivity contribution < 1.29 is 37.5 Å². The number of rotatable bonds is 0. The summed E-state index contributed by atoms with van der Waals surface area (Å²) in [5, 5.41) is 0. The van der Waals surface area contributed by atoms with Crippen molar-refractivity contribution in [3.63, 3.8) is 0 Å². The molecule has 1 aromatic carbocycles. The molecule has 1 radical (unpaired) electrons. The van der Waals surface area contributed by atoms with E-state index < -0.39 is 0 Å². The van der Waals surface area contributed by atoms with E-state index >= 15 is 0 Å². The Kier molecular flexibility index (Phi) is 3.90. The molecule has 1 fully saturated rings. The minimum atomic E-state index is -0.165. The first-order chi connectivity index (χ1) is 7.74. The molecule has 2 heteroatoms. The number of hydrogen-bond acceptors (Lipinski definition) is 1. The van der Waals surface area contributed by atoms with Crippen molar-refractivity contribution in [2.45, 2.75) is 32.6 Å². The summed E-state index contributed by atoms with van der Waals surface area (Å²) in [6.07, 6.45) is 6.76. The van der Waals surface area contributed by atoms with Gasteiger partial charge in [-0.1, -0.05) is 55.4 Å². The fourth-order valence-corrected chi connectivity index (χ4v) is 3.35. The third kappa shape index (κ3) is 1.96. The Labute approximate surface area is 128 Å². The largest absolute Gasteiger partial charge is 0.314 e. The molecule has 2 atom stereocenters. The molecule has 1 aromatic rings. The number of hydrogen-bond donors (Lipinski definition) is 0. The number of fused-ring (bicyclic) bond motifs is 1. The van der Waals surface area contributed by atoms with Crippen molar-refractivity contribution >= 4 is 5.78 Å². The molecule has 0 bridgehead atoms. The Hall–Kier alpha value is -0.00610. The monoisotopic (exact) mass is 302 g/mol. The van der Waals surface area contributed by atoms with Gasteiger partial charge < -0.3 is 6.42 Å². The van der Waals surface area contributed by atoms with Crippen LogP contribution in [0, 0.1) is 17.8 Å². The van der Waals surface area contributed by atoms with Crippen LogP contribution in [0.2, 0.25) is 0 Å². The molecule has 2 unspecified atom stereocenters. The smallest absolute Gasteiger partial charge is 0.140 e. The van der Waals surface area contributed by atoms with Crippen LogP contribution in [0.1, 0.15) is 42.1 Å². The predicted molar refractivity (Wildman–Crippen MR) is 64.2 cm³/mol. The second kappa shape index (κ2) is 4.93. The molecule has 2 aliphatic carbocycles. The van der Waals surface area contributed by atoms with Gasteiger partial charge in [-0.15, -0.1) is 0 Å². The van der Waals surface area contributed by atoms with E-state index in [0.717, 1.165) is 18.4 Å². The molecule has 0 heterocycles. The predicted octanol–water partition coefficient (Wildman–Crippen LogP) is 3.43. The van der Waals surface area contributed by atoms with Crippen LogP contribution in [-0.4, -0.2) is 5.78 Å². The van der Waals surface area contributed by atoms with E-state index in [0.29, 0.717) is 11.7 Å². The standard InChI is InChI=1S/C15H17O.Y/c1-11-6-4-5-9-15(11)10-12-7-2-3-8-13(12)14(15)16;/h2-3,7-9,11H,4-6,10H2,1H3;/q-1;. The molecule has 87 valence electrons. The maximum absolute atomic E-state index is 12.6. The third-order valence-electron chi connectivity index (χ3n) is 4.40. The molecular weight excluding hydrogens is 285 g/mol. The molecule has 0 N–H and O–H groups in total. The van der Waals surface area contributed by atoms with Crippen molar-refractivity contribution in [3.8, 4) is 0 Å². The maximum atomic E-state index is 12.6. The van der Waals surface area contributed by atoms with Crippen LogP contribution < -0.4 is 0 Å². The molecule has 1 nitrogen and oxygen atoms in total. The third-order valence-corrected chi connectivity index (χ3v) is 4.40. The minimum absolute atomic E-state index is 0. The molecule has 1 saturated carbocycles. The molecule has 0 aromatic heterocycles. The Morgan fingerprint density at radius 3 is 2.82 bits per heavy atom. The fraction of sp³-hybridized carbons (Fsp3) is 0.467. The average molecular weight is 302 g/mol.